The minimum atomic E-state index is -1.25. The van der Waals surface area contributed by atoms with Gasteiger partial charge in [0.25, 0.3) is 0 Å². The molecule has 0 radical (unpaired) electrons. The number of anilines is 2. The van der Waals surface area contributed by atoms with Gasteiger partial charge in [-0.3, -0.25) is 9.79 Å². The number of nitrogens with two attached hydrogens (primary N) is 2. The number of epoxide rings is 1. The van der Waals surface area contributed by atoms with Gasteiger partial charge < -0.3 is 45.2 Å². The molecule has 5 aliphatic heterocycles. The molecule has 14 heteroatoms. The fourth-order valence-electron chi connectivity index (χ4n) is 8.89. The van der Waals surface area contributed by atoms with Crippen LogP contribution in [0.1, 0.15) is 61.6 Å². The van der Waals surface area contributed by atoms with E-state index in [1.807, 2.05) is 50.5 Å². The summed E-state index contributed by atoms with van der Waals surface area (Å²) in [6, 6.07) is 10.4. The van der Waals surface area contributed by atoms with Gasteiger partial charge in [0.15, 0.2) is 11.0 Å². The van der Waals surface area contributed by atoms with Crippen LogP contribution in [0.2, 0.25) is 0 Å². The third-order valence-electron chi connectivity index (χ3n) is 11.4. The molecule has 8 heterocycles. The van der Waals surface area contributed by atoms with Crippen LogP contribution in [0.15, 0.2) is 74.1 Å². The van der Waals surface area contributed by atoms with Crippen molar-refractivity contribution in [1.29, 1.82) is 0 Å². The lowest BCUT2D eigenvalue weighted by Gasteiger charge is -2.46. The molecule has 5 atom stereocenters. The Morgan fingerprint density at radius 1 is 1.05 bits per heavy atom. The Morgan fingerprint density at radius 3 is 2.67 bits per heavy atom. The van der Waals surface area contributed by atoms with Crippen molar-refractivity contribution in [2.45, 2.75) is 82.3 Å². The lowest BCUT2D eigenvalue weighted by atomic mass is 9.73. The largest absolute Gasteiger partial charge is 0.507 e. The van der Waals surface area contributed by atoms with E-state index in [9.17, 15) is 19.8 Å². The number of fused-ring (bicyclic) bond motifs is 5. The highest BCUT2D eigenvalue weighted by atomic mass is 16.7. The van der Waals surface area contributed by atoms with Crippen LogP contribution >= 0.6 is 0 Å². The summed E-state index contributed by atoms with van der Waals surface area (Å²) < 4.78 is 24.6. The number of ether oxygens (including phenoxy) is 3. The Bertz CT molecular complexity index is 2440. The number of phenolic OH excluding ortho intramolecular Hbond substituents is 1. The van der Waals surface area contributed by atoms with Gasteiger partial charge in [-0.25, -0.2) is 14.8 Å². The molecule has 5 aliphatic rings. The average molecular weight is 747 g/mol. The summed E-state index contributed by atoms with van der Waals surface area (Å²) in [5.74, 6) is -0.303. The summed E-state index contributed by atoms with van der Waals surface area (Å²) in [5, 5.41) is 22.2. The molecule has 0 bridgehead atoms. The monoisotopic (exact) mass is 746 g/mol. The fraction of sp³-hybridized carbons (Fsp3) is 0.390. The summed E-state index contributed by atoms with van der Waals surface area (Å²) in [6.45, 7) is 6.38. The molecule has 2 saturated heterocycles. The van der Waals surface area contributed by atoms with Gasteiger partial charge in [0.05, 0.1) is 29.7 Å². The lowest BCUT2D eigenvalue weighted by molar-refractivity contribution is -0.175. The molecule has 55 heavy (non-hydrogen) atoms. The summed E-state index contributed by atoms with van der Waals surface area (Å²) in [7, 11) is 0. The van der Waals surface area contributed by atoms with Crippen LogP contribution in [0.5, 0.6) is 11.5 Å². The number of carbonyl (C=O) groups is 1. The van der Waals surface area contributed by atoms with E-state index in [2.05, 4.69) is 19.9 Å². The number of benzene rings is 1. The van der Waals surface area contributed by atoms with Crippen LogP contribution in [0.3, 0.4) is 0 Å². The highest BCUT2D eigenvalue weighted by Gasteiger charge is 2.66. The number of aryl methyl sites for hydroxylation is 2. The number of rotatable bonds is 7. The Hall–Kier alpha value is -5.73. The minimum absolute atomic E-state index is 0.0330. The van der Waals surface area contributed by atoms with Crippen LogP contribution in [0.25, 0.3) is 22.2 Å². The van der Waals surface area contributed by atoms with E-state index in [4.69, 9.17) is 30.1 Å². The van der Waals surface area contributed by atoms with Gasteiger partial charge in [0.2, 0.25) is 0 Å². The van der Waals surface area contributed by atoms with E-state index < -0.39 is 35.3 Å². The van der Waals surface area contributed by atoms with Crippen LogP contribution in [-0.2, 0) is 27.2 Å². The van der Waals surface area contributed by atoms with Crippen LogP contribution in [-0.4, -0.2) is 73.8 Å². The topological polar surface area (TPSA) is 212 Å². The number of aliphatic hydroxyl groups is 1. The quantitative estimate of drug-likeness (QED) is 0.152. The Kier molecular flexibility index (Phi) is 8.06. The Balaban J connectivity index is 0.938. The smallest absolute Gasteiger partial charge is 0.341 e. The molecule has 4 aromatic rings. The number of nitrogens with zero attached hydrogens (tertiary/aromatic N) is 4. The van der Waals surface area contributed by atoms with Crippen molar-refractivity contribution in [3.8, 4) is 22.8 Å². The molecule has 3 aromatic heterocycles. The van der Waals surface area contributed by atoms with Crippen molar-refractivity contribution in [3.05, 3.63) is 92.7 Å². The second-order valence-electron chi connectivity index (χ2n) is 15.8. The zero-order valence-electron chi connectivity index (χ0n) is 30.7. The molecule has 0 saturated carbocycles. The molecule has 2 fully saturated rings. The first-order valence-corrected chi connectivity index (χ1v) is 18.5. The van der Waals surface area contributed by atoms with Gasteiger partial charge >= 0.3 is 5.97 Å². The van der Waals surface area contributed by atoms with E-state index in [1.165, 1.54) is 11.6 Å². The summed E-state index contributed by atoms with van der Waals surface area (Å²) in [5.41, 5.74) is 15.7. The summed E-state index contributed by atoms with van der Waals surface area (Å²) >= 11 is 0. The molecule has 9 rings (SSSR count). The van der Waals surface area contributed by atoms with Gasteiger partial charge in [-0.1, -0.05) is 0 Å². The predicted molar refractivity (Wildman–Crippen MR) is 203 cm³/mol. The van der Waals surface area contributed by atoms with Gasteiger partial charge in [0.1, 0.15) is 51.6 Å². The second-order valence-corrected chi connectivity index (χ2v) is 15.8. The maximum Gasteiger partial charge on any atom is 0.341 e. The number of carbonyl (C=O) groups excluding carboxylic acids is 1. The molecule has 6 N–H and O–H groups in total. The number of aromatic hydroxyl groups is 1. The minimum Gasteiger partial charge on any atom is -0.507 e. The fourth-order valence-corrected chi connectivity index (χ4v) is 8.89. The number of pyridine rings is 2. The van der Waals surface area contributed by atoms with Crippen molar-refractivity contribution < 1.29 is 33.6 Å². The summed E-state index contributed by atoms with van der Waals surface area (Å²) in [4.78, 5) is 42.8. The normalized spacial score (nSPS) is 26.0. The van der Waals surface area contributed by atoms with Gasteiger partial charge in [0, 0.05) is 60.3 Å². The number of aromatic nitrogens is 2. The van der Waals surface area contributed by atoms with Crippen LogP contribution in [0.4, 0.5) is 11.6 Å². The zero-order chi connectivity index (χ0) is 38.4. The number of hydrogen-bond acceptors (Lipinski definition) is 14. The SMILES string of the molecule is Cc1cc(=O)c2c(O)c3c(cc2o1)OC(C)(C)C1OC(=O)C2(CC(CO)CC31)OC2CCc1cc(N)nc(-c2cc(N)nc(CN3C=C4N=CC=C4C3)c2)c1. The van der Waals surface area contributed by atoms with Crippen LogP contribution in [0, 0.1) is 12.8 Å². The first-order chi connectivity index (χ1) is 26.3. The van der Waals surface area contributed by atoms with Crippen molar-refractivity contribution in [3.63, 3.8) is 0 Å². The number of aliphatic imine (C=N–C) groups is 1. The first kappa shape index (κ1) is 35.0. The van der Waals surface area contributed by atoms with E-state index in [1.54, 1.807) is 19.1 Å². The average Bonchev–Trinajstić information content (AvgIpc) is 3.41. The third-order valence-corrected chi connectivity index (χ3v) is 11.4. The molecule has 0 aliphatic carbocycles. The van der Waals surface area contributed by atoms with Gasteiger partial charge in [-0.05, 0) is 88.3 Å². The lowest BCUT2D eigenvalue weighted by Crippen LogP contribution is -2.54. The van der Waals surface area contributed by atoms with Crippen molar-refractivity contribution in [1.82, 2.24) is 14.9 Å². The first-order valence-electron chi connectivity index (χ1n) is 18.5. The number of aliphatic hydroxyl groups excluding tert-OH is 1. The van der Waals surface area contributed by atoms with E-state index in [0.717, 1.165) is 29.1 Å². The second kappa shape index (κ2) is 12.7. The third kappa shape index (κ3) is 6.09. The maximum atomic E-state index is 14.1. The maximum absolute atomic E-state index is 14.1. The predicted octanol–water partition coefficient (Wildman–Crippen LogP) is 4.44. The number of allylic oxidation sites excluding steroid dienone is 1. The molecule has 1 aromatic carbocycles. The molecule has 14 nitrogen and oxygen atoms in total. The zero-order valence-corrected chi connectivity index (χ0v) is 30.7. The Morgan fingerprint density at radius 2 is 1.87 bits per heavy atom. The van der Waals surface area contributed by atoms with Crippen LogP contribution < -0.4 is 21.6 Å². The number of hydrogen-bond donors (Lipinski definition) is 4. The molecular weight excluding hydrogens is 704 g/mol. The highest BCUT2D eigenvalue weighted by Crippen LogP contribution is 2.55. The Labute approximate surface area is 316 Å². The number of esters is 1. The molecule has 1 spiro atoms. The van der Waals surface area contributed by atoms with E-state index >= 15 is 0 Å². The van der Waals surface area contributed by atoms with E-state index in [0.29, 0.717) is 60.2 Å². The molecule has 5 unspecified atom stereocenters. The van der Waals surface area contributed by atoms with E-state index in [-0.39, 0.29) is 41.1 Å². The number of phenols is 1. The van der Waals surface area contributed by atoms with Crippen molar-refractivity contribution in [2.75, 3.05) is 24.6 Å². The van der Waals surface area contributed by atoms with Gasteiger partial charge in [-0.15, -0.1) is 0 Å². The standard InChI is InChI=1S/C41H42N6O8/c1-20-8-29(49)36-30(52-20)14-31-35(37(36)50)26-9-22(19-48)15-41(39(51)53-38(26)40(2,3)54-31)32(55-41)5-4-21-10-27(46-33(42)11-21)24-12-25(45-34(43)13-24)17-47-16-23-6-7-44-28(23)18-47/h6-8,10-14,18,22,26,32,38,48,50H,4-5,9,15-17,19H2,1-3H3,(H2,42,46)(H2,43,45). The van der Waals surface area contributed by atoms with Crippen molar-refractivity contribution >= 4 is 34.8 Å². The van der Waals surface area contributed by atoms with Gasteiger partial charge in [-0.2, -0.15) is 0 Å². The van der Waals surface area contributed by atoms with Crippen molar-refractivity contribution in [2.24, 2.45) is 10.9 Å². The molecular formula is C41H42N6O8. The number of nitrogen functional groups attached to an aromatic ring is 2. The highest BCUT2D eigenvalue weighted by molar-refractivity contribution is 5.88. The molecule has 0 amide bonds. The molecule has 284 valence electrons. The summed E-state index contributed by atoms with van der Waals surface area (Å²) in [6.07, 6.45) is 6.12.